The molecule has 1 rings (SSSR count). The zero-order valence-corrected chi connectivity index (χ0v) is 12.7. The summed E-state index contributed by atoms with van der Waals surface area (Å²) in [5.41, 5.74) is 6.41. The number of carbonyl (C=O) groups excluding carboxylic acids is 1. The first-order valence-electron chi connectivity index (χ1n) is 6.80. The Morgan fingerprint density at radius 1 is 1.40 bits per heavy atom. The highest BCUT2D eigenvalue weighted by atomic mass is 19.1. The molecule has 0 spiro atoms. The summed E-state index contributed by atoms with van der Waals surface area (Å²) >= 11 is 0. The molecule has 0 bridgehead atoms. The zero-order valence-electron chi connectivity index (χ0n) is 12.7. The van der Waals surface area contributed by atoms with Crippen molar-refractivity contribution in [2.45, 2.75) is 39.8 Å². The van der Waals surface area contributed by atoms with Crippen molar-refractivity contribution in [2.24, 2.45) is 5.73 Å². The van der Waals surface area contributed by atoms with Crippen LogP contribution in [0.1, 0.15) is 33.3 Å². The van der Waals surface area contributed by atoms with E-state index in [0.29, 0.717) is 24.3 Å². The minimum Gasteiger partial charge on any atom is -0.368 e. The van der Waals surface area contributed by atoms with Crippen LogP contribution in [-0.2, 0) is 11.3 Å². The molecule has 0 unspecified atom stereocenters. The fourth-order valence-corrected chi connectivity index (χ4v) is 1.93. The van der Waals surface area contributed by atoms with Gasteiger partial charge in [0.2, 0.25) is 5.91 Å². The van der Waals surface area contributed by atoms with Gasteiger partial charge in [-0.1, -0.05) is 6.07 Å². The van der Waals surface area contributed by atoms with E-state index in [1.807, 2.05) is 33.8 Å². The standard InChI is InChI=1S/C15H24FN3O/c1-5-19(10-14(17)20)13-8-6-7-12(16)11(13)9-18-15(2,3)4/h6-8,18H,5,9-10H2,1-4H3,(H2,17,20). The van der Waals surface area contributed by atoms with E-state index in [9.17, 15) is 9.18 Å². The van der Waals surface area contributed by atoms with Crippen molar-refractivity contribution in [1.29, 1.82) is 0 Å². The fourth-order valence-electron chi connectivity index (χ4n) is 1.93. The number of nitrogens with one attached hydrogen (secondary N) is 1. The summed E-state index contributed by atoms with van der Waals surface area (Å²) in [6.07, 6.45) is 0. The molecule has 1 aromatic rings. The summed E-state index contributed by atoms with van der Waals surface area (Å²) in [7, 11) is 0. The van der Waals surface area contributed by atoms with Crippen molar-refractivity contribution >= 4 is 11.6 Å². The van der Waals surface area contributed by atoms with E-state index in [2.05, 4.69) is 5.32 Å². The number of nitrogens with two attached hydrogens (primary N) is 1. The summed E-state index contributed by atoms with van der Waals surface area (Å²) in [5.74, 6) is -0.701. The lowest BCUT2D eigenvalue weighted by atomic mass is 10.1. The van der Waals surface area contributed by atoms with E-state index in [0.717, 1.165) is 0 Å². The largest absolute Gasteiger partial charge is 0.368 e. The van der Waals surface area contributed by atoms with Crippen LogP contribution < -0.4 is 16.0 Å². The van der Waals surface area contributed by atoms with Gasteiger partial charge in [-0.15, -0.1) is 0 Å². The van der Waals surface area contributed by atoms with Gasteiger partial charge in [-0.05, 0) is 39.8 Å². The van der Waals surface area contributed by atoms with Gasteiger partial charge in [0.25, 0.3) is 0 Å². The number of halogens is 1. The Kier molecular flexibility index (Phi) is 5.51. The maximum atomic E-state index is 14.1. The summed E-state index contributed by atoms with van der Waals surface area (Å²) < 4.78 is 14.1. The summed E-state index contributed by atoms with van der Waals surface area (Å²) in [6, 6.07) is 4.89. The highest BCUT2D eigenvalue weighted by molar-refractivity contribution is 5.80. The third-order valence-electron chi connectivity index (χ3n) is 2.96. The van der Waals surface area contributed by atoms with E-state index in [1.165, 1.54) is 6.07 Å². The molecule has 0 heterocycles. The molecule has 5 heteroatoms. The first kappa shape index (κ1) is 16.4. The molecule has 20 heavy (non-hydrogen) atoms. The van der Waals surface area contributed by atoms with E-state index < -0.39 is 5.91 Å². The number of benzene rings is 1. The molecular weight excluding hydrogens is 257 g/mol. The normalized spacial score (nSPS) is 11.4. The topological polar surface area (TPSA) is 58.4 Å². The van der Waals surface area contributed by atoms with Gasteiger partial charge in [-0.25, -0.2) is 4.39 Å². The van der Waals surface area contributed by atoms with Gasteiger partial charge in [0.05, 0.1) is 6.54 Å². The van der Waals surface area contributed by atoms with Crippen molar-refractivity contribution in [1.82, 2.24) is 5.32 Å². The Morgan fingerprint density at radius 3 is 2.55 bits per heavy atom. The number of likely N-dealkylation sites (N-methyl/N-ethyl adjacent to an activating group) is 1. The molecule has 1 amide bonds. The fraction of sp³-hybridized carbons (Fsp3) is 0.533. The van der Waals surface area contributed by atoms with Crippen LogP contribution in [0, 0.1) is 5.82 Å². The molecule has 112 valence electrons. The minimum absolute atomic E-state index is 0.0858. The Hall–Kier alpha value is -1.62. The van der Waals surface area contributed by atoms with E-state index in [-0.39, 0.29) is 17.9 Å². The van der Waals surface area contributed by atoms with E-state index in [1.54, 1.807) is 11.0 Å². The molecule has 0 fully saturated rings. The Labute approximate surface area is 120 Å². The number of nitrogens with zero attached hydrogens (tertiary/aromatic N) is 1. The van der Waals surface area contributed by atoms with Gasteiger partial charge in [0.1, 0.15) is 5.82 Å². The molecule has 1 aromatic carbocycles. The SMILES string of the molecule is CCN(CC(N)=O)c1cccc(F)c1CNC(C)(C)C. The van der Waals surface area contributed by atoms with Crippen molar-refractivity contribution in [3.8, 4) is 0 Å². The van der Waals surface area contributed by atoms with Crippen LogP contribution in [-0.4, -0.2) is 24.5 Å². The van der Waals surface area contributed by atoms with Crippen LogP contribution in [0.25, 0.3) is 0 Å². The number of hydrogen-bond donors (Lipinski definition) is 2. The first-order chi connectivity index (χ1) is 9.24. The molecule has 0 aliphatic rings. The second-order valence-corrected chi connectivity index (χ2v) is 5.82. The molecule has 3 N–H and O–H groups in total. The van der Waals surface area contributed by atoms with Crippen LogP contribution in [0.2, 0.25) is 0 Å². The Bertz CT molecular complexity index is 469. The molecule has 0 saturated carbocycles. The first-order valence-corrected chi connectivity index (χ1v) is 6.80. The van der Waals surface area contributed by atoms with Crippen LogP contribution in [0.4, 0.5) is 10.1 Å². The maximum absolute atomic E-state index is 14.1. The second kappa shape index (κ2) is 6.70. The monoisotopic (exact) mass is 281 g/mol. The predicted octanol–water partition coefficient (Wildman–Crippen LogP) is 2.03. The molecule has 0 radical (unpaired) electrons. The van der Waals surface area contributed by atoms with Crippen LogP contribution >= 0.6 is 0 Å². The maximum Gasteiger partial charge on any atom is 0.236 e. The van der Waals surface area contributed by atoms with Crippen molar-refractivity contribution in [3.05, 3.63) is 29.6 Å². The average molecular weight is 281 g/mol. The predicted molar refractivity (Wildman–Crippen MR) is 80.1 cm³/mol. The third kappa shape index (κ3) is 4.81. The lowest BCUT2D eigenvalue weighted by molar-refractivity contribution is -0.116. The molecule has 0 aliphatic carbocycles. The number of rotatable bonds is 6. The van der Waals surface area contributed by atoms with E-state index in [4.69, 9.17) is 5.73 Å². The molecule has 0 aliphatic heterocycles. The molecule has 0 atom stereocenters. The molecular formula is C15H24FN3O. The smallest absolute Gasteiger partial charge is 0.236 e. The average Bonchev–Trinajstić information content (AvgIpc) is 2.33. The van der Waals surface area contributed by atoms with Gasteiger partial charge < -0.3 is 16.0 Å². The van der Waals surface area contributed by atoms with Crippen LogP contribution in [0.3, 0.4) is 0 Å². The Morgan fingerprint density at radius 2 is 2.05 bits per heavy atom. The summed E-state index contributed by atoms with van der Waals surface area (Å²) in [5, 5.41) is 3.27. The lowest BCUT2D eigenvalue weighted by Gasteiger charge is -2.27. The second-order valence-electron chi connectivity index (χ2n) is 5.82. The number of primary amides is 1. The van der Waals surface area contributed by atoms with Crippen molar-refractivity contribution in [2.75, 3.05) is 18.0 Å². The third-order valence-corrected chi connectivity index (χ3v) is 2.96. The number of amides is 1. The minimum atomic E-state index is -0.425. The molecule has 0 aromatic heterocycles. The van der Waals surface area contributed by atoms with Gasteiger partial charge in [-0.3, -0.25) is 4.79 Å². The highest BCUT2D eigenvalue weighted by Gasteiger charge is 2.17. The van der Waals surface area contributed by atoms with E-state index >= 15 is 0 Å². The summed E-state index contributed by atoms with van der Waals surface area (Å²) in [6.45, 7) is 9.06. The van der Waals surface area contributed by atoms with Crippen molar-refractivity contribution in [3.63, 3.8) is 0 Å². The number of hydrogen-bond acceptors (Lipinski definition) is 3. The van der Waals surface area contributed by atoms with Gasteiger partial charge in [0, 0.05) is 29.9 Å². The Balaban J connectivity index is 3.05. The van der Waals surface area contributed by atoms with Gasteiger partial charge in [0.15, 0.2) is 0 Å². The quantitative estimate of drug-likeness (QED) is 0.839. The van der Waals surface area contributed by atoms with Crippen LogP contribution in [0.5, 0.6) is 0 Å². The number of carbonyl (C=O) groups is 1. The number of anilines is 1. The molecule has 4 nitrogen and oxygen atoms in total. The van der Waals surface area contributed by atoms with Gasteiger partial charge >= 0.3 is 0 Å². The van der Waals surface area contributed by atoms with Crippen molar-refractivity contribution < 1.29 is 9.18 Å². The summed E-state index contributed by atoms with van der Waals surface area (Å²) in [4.78, 5) is 12.9. The lowest BCUT2D eigenvalue weighted by Crippen LogP contribution is -2.37. The highest BCUT2D eigenvalue weighted by Crippen LogP contribution is 2.23. The van der Waals surface area contributed by atoms with Crippen LogP contribution in [0.15, 0.2) is 18.2 Å². The zero-order chi connectivity index (χ0) is 15.3. The molecule has 0 saturated heterocycles. The van der Waals surface area contributed by atoms with Gasteiger partial charge in [-0.2, -0.15) is 0 Å².